The van der Waals surface area contributed by atoms with Crippen molar-refractivity contribution in [2.75, 3.05) is 26.2 Å². The Labute approximate surface area is 56.2 Å². The number of nitrogens with one attached hydrogen (secondary N) is 1. The average molecular weight is 126 g/mol. The van der Waals surface area contributed by atoms with E-state index in [0.717, 1.165) is 12.0 Å². The molecule has 2 heterocycles. The molecular weight excluding hydrogens is 112 g/mol. The van der Waals surface area contributed by atoms with Crippen molar-refractivity contribution in [3.05, 3.63) is 0 Å². The van der Waals surface area contributed by atoms with Gasteiger partial charge in [-0.05, 0) is 5.92 Å². The number of rotatable bonds is 1. The molecule has 0 amide bonds. The molecule has 0 aliphatic carbocycles. The van der Waals surface area contributed by atoms with Gasteiger partial charge in [-0.2, -0.15) is 0 Å². The third-order valence-corrected chi connectivity index (χ3v) is 2.37. The molecule has 2 heteroatoms. The Bertz CT molecular complexity index is 103. The van der Waals surface area contributed by atoms with Crippen molar-refractivity contribution in [2.24, 2.45) is 5.92 Å². The maximum atomic E-state index is 3.28. The van der Waals surface area contributed by atoms with Crippen LogP contribution in [0, 0.1) is 5.92 Å². The first-order valence-electron chi connectivity index (χ1n) is 3.81. The van der Waals surface area contributed by atoms with Crippen molar-refractivity contribution in [1.29, 1.82) is 0 Å². The Balaban J connectivity index is 1.75. The Morgan fingerprint density at radius 1 is 1.33 bits per heavy atom. The Kier molecular flexibility index (Phi) is 1.24. The Morgan fingerprint density at radius 2 is 2.00 bits per heavy atom. The van der Waals surface area contributed by atoms with E-state index in [9.17, 15) is 0 Å². The van der Waals surface area contributed by atoms with Crippen LogP contribution >= 0.6 is 0 Å². The van der Waals surface area contributed by atoms with E-state index in [2.05, 4.69) is 17.1 Å². The molecule has 1 N–H and O–H groups in total. The molecule has 0 aromatic carbocycles. The van der Waals surface area contributed by atoms with Gasteiger partial charge in [0, 0.05) is 32.2 Å². The van der Waals surface area contributed by atoms with Crippen LogP contribution in [0.4, 0.5) is 0 Å². The third-order valence-electron chi connectivity index (χ3n) is 2.37. The second-order valence-electron chi connectivity index (χ2n) is 3.37. The van der Waals surface area contributed by atoms with Crippen LogP contribution in [0.25, 0.3) is 0 Å². The first kappa shape index (κ1) is 5.69. The molecule has 2 nitrogen and oxygen atoms in total. The van der Waals surface area contributed by atoms with E-state index in [0.29, 0.717) is 0 Å². The van der Waals surface area contributed by atoms with Crippen LogP contribution in [0.5, 0.6) is 0 Å². The van der Waals surface area contributed by atoms with E-state index in [-0.39, 0.29) is 0 Å². The van der Waals surface area contributed by atoms with Gasteiger partial charge in [0.2, 0.25) is 0 Å². The molecule has 2 aliphatic heterocycles. The highest BCUT2D eigenvalue weighted by Gasteiger charge is 2.32. The van der Waals surface area contributed by atoms with Crippen LogP contribution in [-0.4, -0.2) is 37.1 Å². The van der Waals surface area contributed by atoms with Crippen LogP contribution in [-0.2, 0) is 0 Å². The molecule has 0 unspecified atom stereocenters. The van der Waals surface area contributed by atoms with Crippen LogP contribution in [0.15, 0.2) is 0 Å². The standard InChI is InChI=1S/C7H14N2/c1-6-4-9(5-6)7-2-8-3-7/h6-8H,2-5H2,1H3. The van der Waals surface area contributed by atoms with Crippen molar-refractivity contribution >= 4 is 0 Å². The summed E-state index contributed by atoms with van der Waals surface area (Å²) in [7, 11) is 0. The summed E-state index contributed by atoms with van der Waals surface area (Å²) in [5.74, 6) is 0.964. The highest BCUT2D eigenvalue weighted by Crippen LogP contribution is 2.18. The lowest BCUT2D eigenvalue weighted by Gasteiger charge is -2.47. The fourth-order valence-corrected chi connectivity index (χ4v) is 1.58. The molecule has 0 aromatic heterocycles. The highest BCUT2D eigenvalue weighted by atomic mass is 15.3. The molecule has 0 spiro atoms. The summed E-state index contributed by atoms with van der Waals surface area (Å²) in [5, 5.41) is 3.28. The third kappa shape index (κ3) is 0.864. The lowest BCUT2D eigenvalue weighted by Crippen LogP contribution is -2.63. The van der Waals surface area contributed by atoms with Gasteiger partial charge in [-0.3, -0.25) is 4.90 Å². The monoisotopic (exact) mass is 126 g/mol. The lowest BCUT2D eigenvalue weighted by atomic mass is 9.97. The summed E-state index contributed by atoms with van der Waals surface area (Å²) in [6, 6.07) is 0.890. The van der Waals surface area contributed by atoms with Gasteiger partial charge in [0.1, 0.15) is 0 Å². The lowest BCUT2D eigenvalue weighted by molar-refractivity contribution is 0.0371. The van der Waals surface area contributed by atoms with Crippen LogP contribution < -0.4 is 5.32 Å². The SMILES string of the molecule is CC1CN(C2CNC2)C1. The second kappa shape index (κ2) is 1.96. The second-order valence-corrected chi connectivity index (χ2v) is 3.37. The van der Waals surface area contributed by atoms with E-state index in [1.807, 2.05) is 0 Å². The number of likely N-dealkylation sites (tertiary alicyclic amines) is 1. The van der Waals surface area contributed by atoms with Crippen molar-refractivity contribution in [2.45, 2.75) is 13.0 Å². The first-order chi connectivity index (χ1) is 4.36. The summed E-state index contributed by atoms with van der Waals surface area (Å²) in [6.45, 7) is 7.46. The molecule has 52 valence electrons. The van der Waals surface area contributed by atoms with E-state index >= 15 is 0 Å². The largest absolute Gasteiger partial charge is 0.314 e. The molecule has 0 atom stereocenters. The molecule has 2 fully saturated rings. The van der Waals surface area contributed by atoms with Crippen LogP contribution in [0.1, 0.15) is 6.92 Å². The molecule has 0 bridgehead atoms. The maximum absolute atomic E-state index is 3.28. The van der Waals surface area contributed by atoms with Gasteiger partial charge in [0.25, 0.3) is 0 Å². The fourth-order valence-electron chi connectivity index (χ4n) is 1.58. The molecular formula is C7H14N2. The molecule has 0 aromatic rings. The zero-order valence-corrected chi connectivity index (χ0v) is 5.93. The Morgan fingerprint density at radius 3 is 2.33 bits per heavy atom. The normalized spacial score (nSPS) is 31.7. The number of hydrogen-bond donors (Lipinski definition) is 1. The maximum Gasteiger partial charge on any atom is 0.0345 e. The van der Waals surface area contributed by atoms with Gasteiger partial charge in [-0.25, -0.2) is 0 Å². The summed E-state index contributed by atoms with van der Waals surface area (Å²) >= 11 is 0. The van der Waals surface area contributed by atoms with E-state index in [1.165, 1.54) is 26.2 Å². The Hall–Kier alpha value is -0.0800. The number of hydrogen-bond acceptors (Lipinski definition) is 2. The van der Waals surface area contributed by atoms with Crippen molar-refractivity contribution < 1.29 is 0 Å². The van der Waals surface area contributed by atoms with Crippen LogP contribution in [0.3, 0.4) is 0 Å². The minimum Gasteiger partial charge on any atom is -0.314 e. The van der Waals surface area contributed by atoms with E-state index < -0.39 is 0 Å². The average Bonchev–Trinajstić information content (AvgIpc) is 1.57. The summed E-state index contributed by atoms with van der Waals surface area (Å²) in [6.07, 6.45) is 0. The zero-order chi connectivity index (χ0) is 6.27. The quantitative estimate of drug-likeness (QED) is 0.528. The van der Waals surface area contributed by atoms with Gasteiger partial charge in [-0.15, -0.1) is 0 Å². The van der Waals surface area contributed by atoms with E-state index in [4.69, 9.17) is 0 Å². The molecule has 2 aliphatic rings. The smallest absolute Gasteiger partial charge is 0.0345 e. The minimum absolute atomic E-state index is 0.890. The van der Waals surface area contributed by atoms with Gasteiger partial charge < -0.3 is 5.32 Å². The summed E-state index contributed by atoms with van der Waals surface area (Å²) in [5.41, 5.74) is 0. The predicted octanol–water partition coefficient (Wildman–Crippen LogP) is -0.0901. The van der Waals surface area contributed by atoms with Crippen molar-refractivity contribution in [1.82, 2.24) is 10.2 Å². The molecule has 0 radical (unpaired) electrons. The van der Waals surface area contributed by atoms with Gasteiger partial charge >= 0.3 is 0 Å². The van der Waals surface area contributed by atoms with Gasteiger partial charge in [0.15, 0.2) is 0 Å². The first-order valence-corrected chi connectivity index (χ1v) is 3.81. The fraction of sp³-hybridized carbons (Fsp3) is 1.00. The molecule has 2 saturated heterocycles. The van der Waals surface area contributed by atoms with Crippen LogP contribution in [0.2, 0.25) is 0 Å². The highest BCUT2D eigenvalue weighted by molar-refractivity contribution is 4.90. The molecule has 9 heavy (non-hydrogen) atoms. The molecule has 0 saturated carbocycles. The number of nitrogens with zero attached hydrogens (tertiary/aromatic N) is 1. The minimum atomic E-state index is 0.890. The van der Waals surface area contributed by atoms with Crippen molar-refractivity contribution in [3.63, 3.8) is 0 Å². The van der Waals surface area contributed by atoms with Gasteiger partial charge in [-0.1, -0.05) is 6.92 Å². The topological polar surface area (TPSA) is 15.3 Å². The summed E-state index contributed by atoms with van der Waals surface area (Å²) < 4.78 is 0. The molecule has 2 rings (SSSR count). The predicted molar refractivity (Wildman–Crippen MR) is 37.4 cm³/mol. The van der Waals surface area contributed by atoms with Crippen molar-refractivity contribution in [3.8, 4) is 0 Å². The summed E-state index contributed by atoms with van der Waals surface area (Å²) in [4.78, 5) is 2.57. The van der Waals surface area contributed by atoms with Gasteiger partial charge in [0.05, 0.1) is 0 Å². The van der Waals surface area contributed by atoms with E-state index in [1.54, 1.807) is 0 Å². The zero-order valence-electron chi connectivity index (χ0n) is 5.93.